The first-order chi connectivity index (χ1) is 5.41. The van der Waals surface area contributed by atoms with Crippen LogP contribution in [0.15, 0.2) is 0 Å². The topological polar surface area (TPSA) is 26.0 Å². The van der Waals surface area contributed by atoms with Crippen LogP contribution in [0.5, 0.6) is 0 Å². The van der Waals surface area contributed by atoms with Gasteiger partial charge in [-0.3, -0.25) is 0 Å². The SMILES string of the molecule is Cl.NC1CC2(C1)CC(C(F)(F)F)C2. The lowest BCUT2D eigenvalue weighted by molar-refractivity contribution is -0.235. The van der Waals surface area contributed by atoms with E-state index in [1.54, 1.807) is 0 Å². The van der Waals surface area contributed by atoms with Crippen molar-refractivity contribution in [2.24, 2.45) is 17.1 Å². The van der Waals surface area contributed by atoms with Crippen LogP contribution < -0.4 is 5.73 Å². The molecule has 2 aliphatic carbocycles. The fraction of sp³-hybridized carbons (Fsp3) is 1.00. The van der Waals surface area contributed by atoms with Crippen molar-refractivity contribution in [2.45, 2.75) is 37.9 Å². The molecule has 0 atom stereocenters. The molecule has 13 heavy (non-hydrogen) atoms. The normalized spacial score (nSPS) is 43.4. The molecule has 0 aromatic heterocycles. The number of hydrogen-bond donors (Lipinski definition) is 1. The summed E-state index contributed by atoms with van der Waals surface area (Å²) >= 11 is 0. The predicted octanol–water partition coefficient (Wildman–Crippen LogP) is 2.49. The number of hydrogen-bond acceptors (Lipinski definition) is 1. The number of halogens is 4. The van der Waals surface area contributed by atoms with Crippen LogP contribution in [0.1, 0.15) is 25.7 Å². The molecule has 2 N–H and O–H groups in total. The lowest BCUT2D eigenvalue weighted by Crippen LogP contribution is -2.56. The van der Waals surface area contributed by atoms with Gasteiger partial charge in [-0.2, -0.15) is 13.2 Å². The number of nitrogens with two attached hydrogens (primary N) is 1. The molecular weight excluding hydrogens is 203 g/mol. The maximum atomic E-state index is 12.1. The standard InChI is InChI=1S/C8H12F3N.ClH/c9-8(10,11)5-1-7(2-5)3-6(12)4-7;/h5-6H,1-4,12H2;1H. The highest BCUT2D eigenvalue weighted by Gasteiger charge is 2.59. The molecule has 0 heterocycles. The summed E-state index contributed by atoms with van der Waals surface area (Å²) in [6.07, 6.45) is -1.71. The van der Waals surface area contributed by atoms with Crippen LogP contribution in [0, 0.1) is 11.3 Å². The van der Waals surface area contributed by atoms with E-state index in [1.807, 2.05) is 0 Å². The van der Waals surface area contributed by atoms with Gasteiger partial charge in [-0.05, 0) is 31.1 Å². The molecule has 0 aromatic carbocycles. The van der Waals surface area contributed by atoms with Gasteiger partial charge in [0.15, 0.2) is 0 Å². The van der Waals surface area contributed by atoms with Crippen molar-refractivity contribution in [3.63, 3.8) is 0 Å². The summed E-state index contributed by atoms with van der Waals surface area (Å²) < 4.78 is 36.2. The molecular formula is C8H13ClF3N. The van der Waals surface area contributed by atoms with E-state index in [2.05, 4.69) is 0 Å². The monoisotopic (exact) mass is 215 g/mol. The molecule has 0 saturated heterocycles. The quantitative estimate of drug-likeness (QED) is 0.660. The average Bonchev–Trinajstić information content (AvgIpc) is 1.71. The molecule has 1 spiro atoms. The van der Waals surface area contributed by atoms with E-state index < -0.39 is 12.1 Å². The van der Waals surface area contributed by atoms with E-state index in [4.69, 9.17) is 5.73 Å². The van der Waals surface area contributed by atoms with Gasteiger partial charge in [0.2, 0.25) is 0 Å². The van der Waals surface area contributed by atoms with E-state index in [9.17, 15) is 13.2 Å². The third-order valence-corrected chi connectivity index (χ3v) is 3.21. The molecule has 0 unspecified atom stereocenters. The summed E-state index contributed by atoms with van der Waals surface area (Å²) in [6.45, 7) is 0. The van der Waals surface area contributed by atoms with Crippen molar-refractivity contribution in [3.8, 4) is 0 Å². The van der Waals surface area contributed by atoms with Crippen molar-refractivity contribution in [1.29, 1.82) is 0 Å². The van der Waals surface area contributed by atoms with Crippen LogP contribution >= 0.6 is 12.4 Å². The Morgan fingerprint density at radius 3 is 1.85 bits per heavy atom. The molecule has 2 aliphatic rings. The minimum absolute atomic E-state index is 0. The Balaban J connectivity index is 0.000000845. The largest absolute Gasteiger partial charge is 0.391 e. The van der Waals surface area contributed by atoms with Crippen LogP contribution in [0.4, 0.5) is 13.2 Å². The Bertz CT molecular complexity index is 190. The highest BCUT2D eigenvalue weighted by atomic mass is 35.5. The van der Waals surface area contributed by atoms with Gasteiger partial charge in [-0.25, -0.2) is 0 Å². The second kappa shape index (κ2) is 3.02. The third kappa shape index (κ3) is 1.79. The van der Waals surface area contributed by atoms with Crippen LogP contribution in [-0.2, 0) is 0 Å². The second-order valence-corrected chi connectivity index (χ2v) is 4.32. The Hall–Kier alpha value is 0.0400. The minimum atomic E-state index is -3.97. The van der Waals surface area contributed by atoms with Crippen molar-refractivity contribution >= 4 is 12.4 Å². The van der Waals surface area contributed by atoms with E-state index in [0.717, 1.165) is 12.8 Å². The molecule has 0 aromatic rings. The van der Waals surface area contributed by atoms with Gasteiger partial charge in [-0.15, -0.1) is 12.4 Å². The van der Waals surface area contributed by atoms with Gasteiger partial charge in [0.05, 0.1) is 5.92 Å². The Kier molecular flexibility index (Phi) is 2.58. The highest BCUT2D eigenvalue weighted by molar-refractivity contribution is 5.85. The summed E-state index contributed by atoms with van der Waals surface area (Å²) in [5.41, 5.74) is 5.54. The first kappa shape index (κ1) is 11.1. The zero-order valence-corrected chi connectivity index (χ0v) is 7.92. The highest BCUT2D eigenvalue weighted by Crippen LogP contribution is 2.61. The molecule has 0 radical (unpaired) electrons. The fourth-order valence-corrected chi connectivity index (χ4v) is 2.60. The maximum absolute atomic E-state index is 12.1. The minimum Gasteiger partial charge on any atom is -0.328 e. The van der Waals surface area contributed by atoms with E-state index in [0.29, 0.717) is 12.8 Å². The molecule has 2 rings (SSSR count). The van der Waals surface area contributed by atoms with E-state index in [1.165, 1.54) is 0 Å². The smallest absolute Gasteiger partial charge is 0.328 e. The van der Waals surface area contributed by atoms with Crippen molar-refractivity contribution in [3.05, 3.63) is 0 Å². The van der Waals surface area contributed by atoms with Gasteiger partial charge >= 0.3 is 6.18 Å². The van der Waals surface area contributed by atoms with Gasteiger partial charge < -0.3 is 5.73 Å². The average molecular weight is 216 g/mol. The molecule has 1 nitrogen and oxygen atoms in total. The van der Waals surface area contributed by atoms with Gasteiger partial charge in [-0.1, -0.05) is 0 Å². The molecule has 5 heteroatoms. The molecule has 78 valence electrons. The molecule has 0 amide bonds. The first-order valence-electron chi connectivity index (χ1n) is 4.24. The van der Waals surface area contributed by atoms with Crippen LogP contribution in [0.2, 0.25) is 0 Å². The van der Waals surface area contributed by atoms with E-state index >= 15 is 0 Å². The molecule has 0 aliphatic heterocycles. The van der Waals surface area contributed by atoms with Crippen LogP contribution in [0.25, 0.3) is 0 Å². The van der Waals surface area contributed by atoms with Gasteiger partial charge in [0.25, 0.3) is 0 Å². The number of rotatable bonds is 0. The zero-order chi connectivity index (χ0) is 8.98. The van der Waals surface area contributed by atoms with Crippen molar-refractivity contribution in [2.75, 3.05) is 0 Å². The predicted molar refractivity (Wildman–Crippen MR) is 45.7 cm³/mol. The molecule has 2 saturated carbocycles. The summed E-state index contributed by atoms with van der Waals surface area (Å²) in [7, 11) is 0. The first-order valence-corrected chi connectivity index (χ1v) is 4.24. The van der Waals surface area contributed by atoms with Gasteiger partial charge in [0.1, 0.15) is 0 Å². The fourth-order valence-electron chi connectivity index (χ4n) is 2.60. The maximum Gasteiger partial charge on any atom is 0.391 e. The summed E-state index contributed by atoms with van der Waals surface area (Å²) in [5.74, 6) is -1.04. The van der Waals surface area contributed by atoms with Crippen molar-refractivity contribution < 1.29 is 13.2 Å². The zero-order valence-electron chi connectivity index (χ0n) is 7.10. The van der Waals surface area contributed by atoms with Crippen LogP contribution in [-0.4, -0.2) is 12.2 Å². The van der Waals surface area contributed by atoms with E-state index in [-0.39, 0.29) is 23.9 Å². The molecule has 2 fully saturated rings. The Labute approximate surface area is 81.3 Å². The second-order valence-electron chi connectivity index (χ2n) is 4.32. The summed E-state index contributed by atoms with van der Waals surface area (Å²) in [6, 6.07) is 0.166. The lowest BCUT2D eigenvalue weighted by atomic mass is 9.50. The van der Waals surface area contributed by atoms with Crippen LogP contribution in [0.3, 0.4) is 0 Å². The third-order valence-electron chi connectivity index (χ3n) is 3.21. The number of alkyl halides is 3. The summed E-state index contributed by atoms with van der Waals surface area (Å²) in [5, 5.41) is 0. The Morgan fingerprint density at radius 2 is 1.54 bits per heavy atom. The summed E-state index contributed by atoms with van der Waals surface area (Å²) in [4.78, 5) is 0. The lowest BCUT2D eigenvalue weighted by Gasteiger charge is -2.57. The van der Waals surface area contributed by atoms with Gasteiger partial charge in [0, 0.05) is 6.04 Å². The Morgan fingerprint density at radius 1 is 1.08 bits per heavy atom. The van der Waals surface area contributed by atoms with Crippen molar-refractivity contribution in [1.82, 2.24) is 0 Å². The molecule has 0 bridgehead atoms.